The second-order valence-corrected chi connectivity index (χ2v) is 8.27. The van der Waals surface area contributed by atoms with Crippen molar-refractivity contribution in [2.75, 3.05) is 0 Å². The zero-order chi connectivity index (χ0) is 18.7. The van der Waals surface area contributed by atoms with Gasteiger partial charge in [0.1, 0.15) is 0 Å². The maximum Gasteiger partial charge on any atom is 0.240 e. The number of nitrogens with one attached hydrogen (secondary N) is 1. The predicted molar refractivity (Wildman–Crippen MR) is 101 cm³/mol. The van der Waals surface area contributed by atoms with Crippen LogP contribution in [0.1, 0.15) is 30.9 Å². The van der Waals surface area contributed by atoms with Gasteiger partial charge in [-0.3, -0.25) is 9.67 Å². The molecule has 26 heavy (non-hydrogen) atoms. The number of aryl methyl sites for hydroxylation is 1. The van der Waals surface area contributed by atoms with Crippen LogP contribution in [0, 0.1) is 0 Å². The molecule has 2 heterocycles. The number of hydrogen-bond acceptors (Lipinski definition) is 4. The quantitative estimate of drug-likeness (QED) is 0.723. The van der Waals surface area contributed by atoms with Crippen LogP contribution in [0.4, 0.5) is 0 Å². The van der Waals surface area contributed by atoms with E-state index in [9.17, 15) is 8.42 Å². The summed E-state index contributed by atoms with van der Waals surface area (Å²) >= 11 is 0. The minimum Gasteiger partial charge on any atom is -0.275 e. The van der Waals surface area contributed by atoms with Crippen LogP contribution in [0.5, 0.6) is 0 Å². The Morgan fingerprint density at radius 3 is 2.35 bits per heavy atom. The lowest BCUT2D eigenvalue weighted by Gasteiger charge is -2.09. The number of benzene rings is 1. The van der Waals surface area contributed by atoms with E-state index in [0.717, 1.165) is 22.4 Å². The molecule has 7 heteroatoms. The van der Waals surface area contributed by atoms with E-state index in [0.29, 0.717) is 5.92 Å². The van der Waals surface area contributed by atoms with E-state index in [-0.39, 0.29) is 11.4 Å². The molecule has 0 aliphatic carbocycles. The molecule has 0 spiro atoms. The zero-order valence-electron chi connectivity index (χ0n) is 15.0. The van der Waals surface area contributed by atoms with Crippen LogP contribution < -0.4 is 4.72 Å². The average molecular weight is 370 g/mol. The highest BCUT2D eigenvalue weighted by Gasteiger charge is 2.14. The minimum atomic E-state index is -3.55. The fourth-order valence-corrected chi connectivity index (χ4v) is 3.56. The monoisotopic (exact) mass is 370 g/mol. The van der Waals surface area contributed by atoms with Gasteiger partial charge in [-0.2, -0.15) is 5.10 Å². The van der Waals surface area contributed by atoms with Crippen molar-refractivity contribution in [1.29, 1.82) is 0 Å². The van der Waals surface area contributed by atoms with E-state index < -0.39 is 10.0 Å². The summed E-state index contributed by atoms with van der Waals surface area (Å²) in [7, 11) is -1.70. The normalized spacial score (nSPS) is 11.8. The fraction of sp³-hybridized carbons (Fsp3) is 0.263. The predicted octanol–water partition coefficient (Wildman–Crippen LogP) is 3.08. The molecule has 0 radical (unpaired) electrons. The Kier molecular flexibility index (Phi) is 5.20. The second-order valence-electron chi connectivity index (χ2n) is 6.50. The summed E-state index contributed by atoms with van der Waals surface area (Å²) < 4.78 is 29.2. The highest BCUT2D eigenvalue weighted by Crippen LogP contribution is 2.18. The Balaban J connectivity index is 1.67. The van der Waals surface area contributed by atoms with Crippen molar-refractivity contribution >= 4 is 10.0 Å². The number of pyridine rings is 1. The molecule has 2 aromatic heterocycles. The third-order valence-corrected chi connectivity index (χ3v) is 5.57. The number of hydrogen-bond donors (Lipinski definition) is 1. The van der Waals surface area contributed by atoms with Crippen molar-refractivity contribution in [3.05, 3.63) is 66.1 Å². The molecule has 0 saturated heterocycles. The molecular formula is C19H22N4O2S. The summed E-state index contributed by atoms with van der Waals surface area (Å²) in [4.78, 5) is 4.64. The van der Waals surface area contributed by atoms with Gasteiger partial charge in [0.15, 0.2) is 0 Å². The molecule has 0 bridgehead atoms. The first-order valence-corrected chi connectivity index (χ1v) is 9.87. The molecule has 0 unspecified atom stereocenters. The van der Waals surface area contributed by atoms with Crippen molar-refractivity contribution in [3.63, 3.8) is 0 Å². The highest BCUT2D eigenvalue weighted by atomic mass is 32.2. The largest absolute Gasteiger partial charge is 0.275 e. The standard InChI is InChI=1S/C19H22N4O2S/c1-14(2)16-5-7-18(8-6-16)26(24,25)22-11-15-4-9-19(20-10-15)17-12-21-23(3)13-17/h4-10,12-14,22H,11H2,1-3H3. The van der Waals surface area contributed by atoms with E-state index >= 15 is 0 Å². The van der Waals surface area contributed by atoms with Gasteiger partial charge in [-0.1, -0.05) is 32.0 Å². The first-order chi connectivity index (χ1) is 12.3. The summed E-state index contributed by atoms with van der Waals surface area (Å²) in [5, 5.41) is 4.12. The summed E-state index contributed by atoms with van der Waals surface area (Å²) in [6.45, 7) is 4.34. The van der Waals surface area contributed by atoms with Gasteiger partial charge in [0, 0.05) is 31.5 Å². The van der Waals surface area contributed by atoms with Gasteiger partial charge in [0.25, 0.3) is 0 Å². The summed E-state index contributed by atoms with van der Waals surface area (Å²) in [5.74, 6) is 0.365. The summed E-state index contributed by atoms with van der Waals surface area (Å²) in [6, 6.07) is 10.7. The SMILES string of the molecule is CC(C)c1ccc(S(=O)(=O)NCc2ccc(-c3cnn(C)c3)nc2)cc1. The Bertz CT molecular complexity index is 975. The van der Waals surface area contributed by atoms with Gasteiger partial charge in [-0.05, 0) is 35.2 Å². The molecule has 0 fully saturated rings. The number of aromatic nitrogens is 3. The van der Waals surface area contributed by atoms with Crippen LogP contribution in [0.3, 0.4) is 0 Å². The van der Waals surface area contributed by atoms with Crippen molar-refractivity contribution in [2.24, 2.45) is 7.05 Å². The van der Waals surface area contributed by atoms with Crippen LogP contribution in [0.25, 0.3) is 11.3 Å². The van der Waals surface area contributed by atoms with Crippen molar-refractivity contribution in [1.82, 2.24) is 19.5 Å². The molecule has 1 N–H and O–H groups in total. The lowest BCUT2D eigenvalue weighted by atomic mass is 10.0. The van der Waals surface area contributed by atoms with Gasteiger partial charge in [0.05, 0.1) is 16.8 Å². The smallest absolute Gasteiger partial charge is 0.240 e. The third-order valence-electron chi connectivity index (χ3n) is 4.15. The molecule has 0 atom stereocenters. The highest BCUT2D eigenvalue weighted by molar-refractivity contribution is 7.89. The van der Waals surface area contributed by atoms with Gasteiger partial charge in [-0.15, -0.1) is 0 Å². The topological polar surface area (TPSA) is 76.9 Å². The van der Waals surface area contributed by atoms with Gasteiger partial charge >= 0.3 is 0 Å². The van der Waals surface area contributed by atoms with Crippen LogP contribution in [0.2, 0.25) is 0 Å². The van der Waals surface area contributed by atoms with E-state index in [1.54, 1.807) is 29.2 Å². The third kappa shape index (κ3) is 4.17. The molecule has 0 aliphatic heterocycles. The number of nitrogens with zero attached hydrogens (tertiary/aromatic N) is 3. The lowest BCUT2D eigenvalue weighted by molar-refractivity contribution is 0.581. The van der Waals surface area contributed by atoms with E-state index in [1.165, 1.54) is 0 Å². The van der Waals surface area contributed by atoms with Crippen LogP contribution in [-0.2, 0) is 23.6 Å². The Hall–Kier alpha value is -2.51. The van der Waals surface area contributed by atoms with Crippen molar-refractivity contribution < 1.29 is 8.42 Å². The van der Waals surface area contributed by atoms with Gasteiger partial charge in [0.2, 0.25) is 10.0 Å². The second kappa shape index (κ2) is 7.39. The molecular weight excluding hydrogens is 348 g/mol. The van der Waals surface area contributed by atoms with Gasteiger partial charge < -0.3 is 0 Å². The van der Waals surface area contributed by atoms with Crippen LogP contribution in [-0.4, -0.2) is 23.2 Å². The van der Waals surface area contributed by atoms with Crippen molar-refractivity contribution in [3.8, 4) is 11.3 Å². The van der Waals surface area contributed by atoms with Gasteiger partial charge in [-0.25, -0.2) is 13.1 Å². The molecule has 3 aromatic rings. The molecule has 136 valence electrons. The van der Waals surface area contributed by atoms with E-state index in [4.69, 9.17) is 0 Å². The van der Waals surface area contributed by atoms with E-state index in [2.05, 4.69) is 28.7 Å². The number of sulfonamides is 1. The maximum absolute atomic E-state index is 12.4. The Labute approximate surface area is 154 Å². The number of rotatable bonds is 6. The van der Waals surface area contributed by atoms with Crippen LogP contribution in [0.15, 0.2) is 59.9 Å². The maximum atomic E-state index is 12.4. The summed E-state index contributed by atoms with van der Waals surface area (Å²) in [6.07, 6.45) is 5.30. The average Bonchev–Trinajstić information content (AvgIpc) is 3.07. The molecule has 6 nitrogen and oxygen atoms in total. The van der Waals surface area contributed by atoms with Crippen molar-refractivity contribution in [2.45, 2.75) is 31.2 Å². The first-order valence-electron chi connectivity index (χ1n) is 8.39. The Morgan fingerprint density at radius 1 is 1.08 bits per heavy atom. The first kappa shape index (κ1) is 18.3. The zero-order valence-corrected chi connectivity index (χ0v) is 15.9. The summed E-state index contributed by atoms with van der Waals surface area (Å²) in [5.41, 5.74) is 3.62. The van der Waals surface area contributed by atoms with Crippen LogP contribution >= 0.6 is 0 Å². The molecule has 1 aromatic carbocycles. The molecule has 0 amide bonds. The lowest BCUT2D eigenvalue weighted by Crippen LogP contribution is -2.23. The minimum absolute atomic E-state index is 0.189. The fourth-order valence-electron chi connectivity index (χ4n) is 2.55. The molecule has 0 aliphatic rings. The Morgan fingerprint density at radius 2 is 1.81 bits per heavy atom. The molecule has 0 saturated carbocycles. The molecule has 3 rings (SSSR count). The van der Waals surface area contributed by atoms with E-state index in [1.807, 2.05) is 37.5 Å².